The van der Waals surface area contributed by atoms with E-state index in [0.717, 1.165) is 0 Å². The molecule has 2 rings (SSSR count). The number of benzene rings is 2. The Morgan fingerprint density at radius 2 is 0.944 bits per heavy atom. The molecular formula is C26H28N4O6. The molecule has 0 saturated carbocycles. The summed E-state index contributed by atoms with van der Waals surface area (Å²) in [6, 6.07) is 21.2. The van der Waals surface area contributed by atoms with Crippen molar-refractivity contribution in [2.75, 3.05) is 0 Å². The minimum Gasteiger partial charge on any atom is -0.427 e. The van der Waals surface area contributed by atoms with Crippen LogP contribution in [-0.4, -0.2) is 34.9 Å². The van der Waals surface area contributed by atoms with Crippen LogP contribution in [0.3, 0.4) is 0 Å². The lowest BCUT2D eigenvalue weighted by atomic mass is 10.1. The first-order valence-corrected chi connectivity index (χ1v) is 10.7. The van der Waals surface area contributed by atoms with Gasteiger partial charge in [0.1, 0.15) is 23.3 Å². The number of hydrogen-bond donors (Lipinski definition) is 0. The fourth-order valence-electron chi connectivity index (χ4n) is 2.17. The number of rotatable bonds is 4. The highest BCUT2D eigenvalue weighted by Gasteiger charge is 2.19. The Morgan fingerprint density at radius 1 is 0.639 bits per heavy atom. The van der Waals surface area contributed by atoms with Crippen molar-refractivity contribution in [3.05, 3.63) is 71.8 Å². The van der Waals surface area contributed by atoms with Gasteiger partial charge in [0.15, 0.2) is 11.4 Å². The molecule has 0 saturated heterocycles. The van der Waals surface area contributed by atoms with Crippen LogP contribution in [0.15, 0.2) is 71.0 Å². The monoisotopic (exact) mass is 492 g/mol. The number of oxime groups is 2. The Labute approximate surface area is 210 Å². The minimum absolute atomic E-state index is 0.0152. The van der Waals surface area contributed by atoms with Gasteiger partial charge >= 0.3 is 12.3 Å². The molecule has 0 aliphatic carbocycles. The van der Waals surface area contributed by atoms with E-state index in [4.69, 9.17) is 20.0 Å². The minimum atomic E-state index is -0.939. The second kappa shape index (κ2) is 13.9. The third kappa shape index (κ3) is 12.5. The van der Waals surface area contributed by atoms with Crippen LogP contribution in [0.5, 0.6) is 0 Å². The smallest absolute Gasteiger partial charge is 0.427 e. The van der Waals surface area contributed by atoms with Crippen LogP contribution in [0.4, 0.5) is 9.59 Å². The number of carbonyl (C=O) groups excluding carboxylic acids is 2. The molecule has 0 unspecified atom stereocenters. The normalized spacial score (nSPS) is 11.6. The second-order valence-corrected chi connectivity index (χ2v) is 8.95. The van der Waals surface area contributed by atoms with Crippen molar-refractivity contribution >= 4 is 23.7 Å². The fraction of sp³-hybridized carbons (Fsp3) is 0.308. The third-order valence-corrected chi connectivity index (χ3v) is 3.51. The average Bonchev–Trinajstić information content (AvgIpc) is 2.79. The molecule has 0 aromatic heterocycles. The fourth-order valence-corrected chi connectivity index (χ4v) is 2.17. The van der Waals surface area contributed by atoms with Crippen molar-refractivity contribution < 1.29 is 28.7 Å². The SMILES string of the molecule is CC(C)(C)OC(=O)O/N=C(/C#N)c1ccccc1.CC(C)(C)OC(=O)O/N=C(\C#N)c1ccccc1. The molecule has 0 atom stereocenters. The average molecular weight is 493 g/mol. The first-order valence-electron chi connectivity index (χ1n) is 10.7. The van der Waals surface area contributed by atoms with Gasteiger partial charge in [0.05, 0.1) is 0 Å². The van der Waals surface area contributed by atoms with Crippen LogP contribution in [0.1, 0.15) is 52.7 Å². The Morgan fingerprint density at radius 3 is 1.19 bits per heavy atom. The number of hydrogen-bond acceptors (Lipinski definition) is 10. The quantitative estimate of drug-likeness (QED) is 0.228. The zero-order valence-electron chi connectivity index (χ0n) is 21.0. The van der Waals surface area contributed by atoms with Gasteiger partial charge in [0, 0.05) is 11.1 Å². The molecule has 2 aromatic carbocycles. The summed E-state index contributed by atoms with van der Waals surface area (Å²) in [5, 5.41) is 24.8. The van der Waals surface area contributed by atoms with E-state index in [1.807, 2.05) is 24.3 Å². The summed E-state index contributed by atoms with van der Waals surface area (Å²) in [6.45, 7) is 10.3. The first-order chi connectivity index (χ1) is 16.8. The van der Waals surface area contributed by atoms with Crippen LogP contribution >= 0.6 is 0 Å². The van der Waals surface area contributed by atoms with Gasteiger partial charge in [-0.2, -0.15) is 10.5 Å². The van der Waals surface area contributed by atoms with E-state index in [2.05, 4.69) is 20.0 Å². The van der Waals surface area contributed by atoms with Gasteiger partial charge in [0.25, 0.3) is 0 Å². The van der Waals surface area contributed by atoms with E-state index in [1.54, 1.807) is 90.1 Å². The van der Waals surface area contributed by atoms with Crippen LogP contribution in [0.25, 0.3) is 0 Å². The van der Waals surface area contributed by atoms with Crippen molar-refractivity contribution in [1.29, 1.82) is 10.5 Å². The van der Waals surface area contributed by atoms with Gasteiger partial charge in [-0.1, -0.05) is 71.0 Å². The Balaban J connectivity index is 0.000000360. The molecule has 10 nitrogen and oxygen atoms in total. The number of nitrogens with zero attached hydrogens (tertiary/aromatic N) is 4. The maximum atomic E-state index is 11.2. The molecule has 0 radical (unpaired) electrons. The van der Waals surface area contributed by atoms with Crippen LogP contribution in [-0.2, 0) is 19.1 Å². The lowest BCUT2D eigenvalue weighted by Crippen LogP contribution is -2.23. The van der Waals surface area contributed by atoms with Crippen molar-refractivity contribution in [2.24, 2.45) is 10.3 Å². The van der Waals surface area contributed by atoms with E-state index in [1.165, 1.54) is 0 Å². The largest absolute Gasteiger partial charge is 0.535 e. The van der Waals surface area contributed by atoms with Gasteiger partial charge in [-0.25, -0.2) is 9.59 Å². The molecule has 188 valence electrons. The predicted octanol–water partition coefficient (Wildman–Crippen LogP) is 5.73. The van der Waals surface area contributed by atoms with Crippen molar-refractivity contribution in [3.63, 3.8) is 0 Å². The summed E-state index contributed by atoms with van der Waals surface area (Å²) in [4.78, 5) is 31.6. The van der Waals surface area contributed by atoms with E-state index in [0.29, 0.717) is 11.1 Å². The second-order valence-electron chi connectivity index (χ2n) is 8.95. The molecule has 2 aromatic rings. The molecule has 0 heterocycles. The van der Waals surface area contributed by atoms with Crippen LogP contribution in [0, 0.1) is 22.7 Å². The first kappa shape index (κ1) is 29.3. The summed E-state index contributed by atoms with van der Waals surface area (Å²) < 4.78 is 9.78. The molecule has 36 heavy (non-hydrogen) atoms. The van der Waals surface area contributed by atoms with Gasteiger partial charge < -0.3 is 9.47 Å². The van der Waals surface area contributed by atoms with E-state index >= 15 is 0 Å². The van der Waals surface area contributed by atoms with E-state index in [9.17, 15) is 9.59 Å². The number of nitriles is 2. The van der Waals surface area contributed by atoms with Crippen LogP contribution < -0.4 is 0 Å². The van der Waals surface area contributed by atoms with Crippen LogP contribution in [0.2, 0.25) is 0 Å². The molecule has 0 bridgehead atoms. The number of carbonyl (C=O) groups is 2. The maximum Gasteiger partial charge on any atom is 0.535 e. The summed E-state index contributed by atoms with van der Waals surface area (Å²) in [5.74, 6) is 0. The highest BCUT2D eigenvalue weighted by atomic mass is 16.8. The van der Waals surface area contributed by atoms with Crippen molar-refractivity contribution in [3.8, 4) is 12.1 Å². The van der Waals surface area contributed by atoms with Gasteiger partial charge in [-0.3, -0.25) is 9.68 Å². The summed E-state index contributed by atoms with van der Waals surface area (Å²) in [7, 11) is 0. The molecule has 0 spiro atoms. The molecule has 0 amide bonds. The van der Waals surface area contributed by atoms with Gasteiger partial charge in [-0.15, -0.1) is 0 Å². The third-order valence-electron chi connectivity index (χ3n) is 3.51. The number of ether oxygens (including phenoxy) is 2. The maximum absolute atomic E-state index is 11.2. The lowest BCUT2D eigenvalue weighted by Gasteiger charge is -2.17. The summed E-state index contributed by atoms with van der Waals surface area (Å²) in [6.07, 6.45) is -1.88. The van der Waals surface area contributed by atoms with E-state index < -0.39 is 23.5 Å². The molecular weight excluding hydrogens is 464 g/mol. The standard InChI is InChI=1S/2C13H14N2O3/c2*1-13(2,3)17-12(16)18-15-11(9-14)10-7-5-4-6-8-10/h2*4-8H,1-3H3/b15-11+;15-11-. The molecule has 0 aliphatic heterocycles. The van der Waals surface area contributed by atoms with Gasteiger partial charge in [-0.05, 0) is 41.5 Å². The summed E-state index contributed by atoms with van der Waals surface area (Å²) in [5.41, 5.74) is -0.145. The molecule has 10 heteroatoms. The lowest BCUT2D eigenvalue weighted by molar-refractivity contribution is -0.00728. The van der Waals surface area contributed by atoms with Crippen molar-refractivity contribution in [1.82, 2.24) is 0 Å². The highest BCUT2D eigenvalue weighted by Crippen LogP contribution is 2.10. The van der Waals surface area contributed by atoms with Crippen molar-refractivity contribution in [2.45, 2.75) is 52.7 Å². The Kier molecular flexibility index (Phi) is 11.3. The molecule has 0 aliphatic rings. The molecule has 0 N–H and O–H groups in total. The van der Waals surface area contributed by atoms with E-state index in [-0.39, 0.29) is 11.4 Å². The molecule has 0 fully saturated rings. The van der Waals surface area contributed by atoms with Gasteiger partial charge in [0.2, 0.25) is 0 Å². The topological polar surface area (TPSA) is 143 Å². The Bertz CT molecular complexity index is 1060. The zero-order chi connectivity index (χ0) is 27.2. The predicted molar refractivity (Wildman–Crippen MR) is 132 cm³/mol. The Hall–Kier alpha value is -4.70. The highest BCUT2D eigenvalue weighted by molar-refractivity contribution is 6.11. The zero-order valence-corrected chi connectivity index (χ0v) is 21.0. The summed E-state index contributed by atoms with van der Waals surface area (Å²) >= 11 is 0.